The molecule has 0 N–H and O–H groups in total. The van der Waals surface area contributed by atoms with Gasteiger partial charge in [-0.05, 0) is 17.5 Å². The fourth-order valence-corrected chi connectivity index (χ4v) is 2.66. The zero-order valence-corrected chi connectivity index (χ0v) is 12.8. The Kier molecular flexibility index (Phi) is 5.38. The molecule has 22 heavy (non-hydrogen) atoms. The van der Waals surface area contributed by atoms with Gasteiger partial charge in [0, 0.05) is 38.1 Å². The number of carbonyl (C=O) groups is 2. The Morgan fingerprint density at radius 2 is 1.95 bits per heavy atom. The molecule has 0 fully saturated rings. The molecule has 3 nitrogen and oxygen atoms in total. The summed E-state index contributed by atoms with van der Waals surface area (Å²) in [5.74, 6) is -1.68. The van der Waals surface area contributed by atoms with Crippen LogP contribution in [0.4, 0.5) is 8.78 Å². The molecule has 0 bridgehead atoms. The molecule has 0 atom stereocenters. The largest absolute Gasteiger partial charge is 0.341 e. The minimum absolute atomic E-state index is 0.0398. The van der Waals surface area contributed by atoms with E-state index in [1.54, 1.807) is 17.5 Å². The zero-order chi connectivity index (χ0) is 16.1. The van der Waals surface area contributed by atoms with Crippen LogP contribution in [0, 0.1) is 11.6 Å². The average Bonchev–Trinajstić information content (AvgIpc) is 3.01. The molecule has 0 aliphatic carbocycles. The lowest BCUT2D eigenvalue weighted by Crippen LogP contribution is -2.27. The third-order valence-corrected chi connectivity index (χ3v) is 4.12. The maximum absolute atomic E-state index is 13.5. The lowest BCUT2D eigenvalue weighted by molar-refractivity contribution is -0.130. The average molecular weight is 323 g/mol. The molecule has 0 spiro atoms. The fourth-order valence-electron chi connectivity index (χ4n) is 1.97. The number of Topliss-reactive ketones (excluding diaryl/α,β-unsaturated/α-hetero) is 1. The molecular formula is C16H15F2NO2S. The monoisotopic (exact) mass is 323 g/mol. The van der Waals surface area contributed by atoms with Crippen LogP contribution in [-0.4, -0.2) is 23.6 Å². The molecule has 0 radical (unpaired) electrons. The summed E-state index contributed by atoms with van der Waals surface area (Å²) in [6.07, 6.45) is 0.186. The van der Waals surface area contributed by atoms with Gasteiger partial charge in [-0.25, -0.2) is 8.78 Å². The number of carbonyl (C=O) groups excluding carboxylic acids is 2. The van der Waals surface area contributed by atoms with E-state index in [1.165, 1.54) is 29.4 Å². The summed E-state index contributed by atoms with van der Waals surface area (Å²) in [5.41, 5.74) is 0.238. The Bertz CT molecular complexity index is 671. The molecule has 0 saturated carbocycles. The quantitative estimate of drug-likeness (QED) is 0.761. The lowest BCUT2D eigenvalue weighted by atomic mass is 10.1. The summed E-state index contributed by atoms with van der Waals surface area (Å²) in [7, 11) is 1.53. The SMILES string of the molecule is CN(Cc1ccc(F)cc1F)C(=O)CCC(=O)c1cccs1. The molecule has 0 aliphatic heterocycles. The number of hydrogen-bond donors (Lipinski definition) is 0. The molecule has 6 heteroatoms. The van der Waals surface area contributed by atoms with Crippen LogP contribution in [0.5, 0.6) is 0 Å². The number of benzene rings is 1. The van der Waals surface area contributed by atoms with E-state index in [-0.39, 0.29) is 36.6 Å². The van der Waals surface area contributed by atoms with Crippen molar-refractivity contribution in [1.29, 1.82) is 0 Å². The second-order valence-corrected chi connectivity index (χ2v) is 5.83. The van der Waals surface area contributed by atoms with Gasteiger partial charge < -0.3 is 4.90 Å². The van der Waals surface area contributed by atoms with Gasteiger partial charge in [0.05, 0.1) is 4.88 Å². The van der Waals surface area contributed by atoms with Gasteiger partial charge in [-0.1, -0.05) is 12.1 Å². The third-order valence-electron chi connectivity index (χ3n) is 3.21. The first kappa shape index (κ1) is 16.3. The maximum Gasteiger partial charge on any atom is 0.223 e. The van der Waals surface area contributed by atoms with Gasteiger partial charge in [-0.2, -0.15) is 0 Å². The fraction of sp³-hybridized carbons (Fsp3) is 0.250. The Hall–Kier alpha value is -2.08. The van der Waals surface area contributed by atoms with Crippen molar-refractivity contribution in [2.24, 2.45) is 0 Å². The van der Waals surface area contributed by atoms with E-state index in [9.17, 15) is 18.4 Å². The highest BCUT2D eigenvalue weighted by atomic mass is 32.1. The van der Waals surface area contributed by atoms with E-state index in [1.807, 2.05) is 0 Å². The van der Waals surface area contributed by atoms with E-state index in [2.05, 4.69) is 0 Å². The molecule has 2 rings (SSSR count). The Labute approximate surface area is 131 Å². The predicted molar refractivity (Wildman–Crippen MR) is 80.7 cm³/mol. The third kappa shape index (κ3) is 4.21. The van der Waals surface area contributed by atoms with Gasteiger partial charge in [0.2, 0.25) is 5.91 Å². The second-order valence-electron chi connectivity index (χ2n) is 4.89. The highest BCUT2D eigenvalue weighted by Gasteiger charge is 2.15. The standard InChI is InChI=1S/C16H15F2NO2S/c1-19(10-11-4-5-12(17)9-13(11)18)16(21)7-6-14(20)15-3-2-8-22-15/h2-5,8-9H,6-7,10H2,1H3. The lowest BCUT2D eigenvalue weighted by Gasteiger charge is -2.17. The van der Waals surface area contributed by atoms with Crippen LogP contribution in [-0.2, 0) is 11.3 Å². The van der Waals surface area contributed by atoms with Gasteiger partial charge >= 0.3 is 0 Å². The molecule has 0 aliphatic rings. The van der Waals surface area contributed by atoms with E-state index in [0.717, 1.165) is 12.1 Å². The number of hydrogen-bond acceptors (Lipinski definition) is 3. The Balaban J connectivity index is 1.88. The Morgan fingerprint density at radius 3 is 2.59 bits per heavy atom. The number of nitrogens with zero attached hydrogens (tertiary/aromatic N) is 1. The van der Waals surface area contributed by atoms with Crippen molar-refractivity contribution in [1.82, 2.24) is 4.90 Å². The second kappa shape index (κ2) is 7.26. The van der Waals surface area contributed by atoms with Crippen LogP contribution in [0.1, 0.15) is 28.1 Å². The molecule has 1 aromatic carbocycles. The van der Waals surface area contributed by atoms with Crippen molar-refractivity contribution in [2.75, 3.05) is 7.05 Å². The van der Waals surface area contributed by atoms with E-state index in [0.29, 0.717) is 4.88 Å². The number of rotatable bonds is 6. The molecule has 1 aromatic heterocycles. The van der Waals surface area contributed by atoms with Gasteiger partial charge in [0.25, 0.3) is 0 Å². The summed E-state index contributed by atoms with van der Waals surface area (Å²) in [6, 6.07) is 6.74. The first-order valence-corrected chi connectivity index (χ1v) is 7.60. The van der Waals surface area contributed by atoms with Crippen molar-refractivity contribution in [3.05, 3.63) is 57.8 Å². The van der Waals surface area contributed by atoms with Crippen LogP contribution in [0.15, 0.2) is 35.7 Å². The van der Waals surface area contributed by atoms with Gasteiger partial charge in [-0.15, -0.1) is 11.3 Å². The normalized spacial score (nSPS) is 10.5. The molecule has 2 aromatic rings. The number of thiophene rings is 1. The summed E-state index contributed by atoms with van der Waals surface area (Å²) in [5, 5.41) is 1.80. The van der Waals surface area contributed by atoms with Crippen molar-refractivity contribution >= 4 is 23.0 Å². The molecule has 116 valence electrons. The van der Waals surface area contributed by atoms with Gasteiger partial charge in [0.15, 0.2) is 5.78 Å². The summed E-state index contributed by atoms with van der Waals surface area (Å²) in [6.45, 7) is 0.0398. The number of amides is 1. The summed E-state index contributed by atoms with van der Waals surface area (Å²) in [4.78, 5) is 25.8. The molecule has 0 unspecified atom stereocenters. The van der Waals surface area contributed by atoms with Crippen LogP contribution in [0.3, 0.4) is 0 Å². The first-order valence-electron chi connectivity index (χ1n) is 6.72. The minimum Gasteiger partial charge on any atom is -0.341 e. The maximum atomic E-state index is 13.5. The van der Waals surface area contributed by atoms with Gasteiger partial charge in [0.1, 0.15) is 11.6 Å². The smallest absolute Gasteiger partial charge is 0.223 e. The zero-order valence-electron chi connectivity index (χ0n) is 12.0. The summed E-state index contributed by atoms with van der Waals surface area (Å²) < 4.78 is 26.4. The Morgan fingerprint density at radius 1 is 1.18 bits per heavy atom. The summed E-state index contributed by atoms with van der Waals surface area (Å²) >= 11 is 1.34. The highest BCUT2D eigenvalue weighted by Crippen LogP contribution is 2.15. The van der Waals surface area contributed by atoms with E-state index < -0.39 is 11.6 Å². The van der Waals surface area contributed by atoms with E-state index >= 15 is 0 Å². The highest BCUT2D eigenvalue weighted by molar-refractivity contribution is 7.12. The molecule has 1 heterocycles. The van der Waals surface area contributed by atoms with Crippen LogP contribution < -0.4 is 0 Å². The van der Waals surface area contributed by atoms with Crippen LogP contribution in [0.25, 0.3) is 0 Å². The molecular weight excluding hydrogens is 308 g/mol. The molecule has 1 amide bonds. The van der Waals surface area contributed by atoms with Crippen molar-refractivity contribution in [2.45, 2.75) is 19.4 Å². The topological polar surface area (TPSA) is 37.4 Å². The first-order chi connectivity index (χ1) is 10.5. The van der Waals surface area contributed by atoms with Crippen molar-refractivity contribution in [3.63, 3.8) is 0 Å². The molecule has 0 saturated heterocycles. The number of ketones is 1. The van der Waals surface area contributed by atoms with Crippen molar-refractivity contribution < 1.29 is 18.4 Å². The van der Waals surface area contributed by atoms with Crippen LogP contribution >= 0.6 is 11.3 Å². The predicted octanol–water partition coefficient (Wildman–Crippen LogP) is 3.65. The van der Waals surface area contributed by atoms with Crippen molar-refractivity contribution in [3.8, 4) is 0 Å². The minimum atomic E-state index is -0.686. The number of halogens is 2. The van der Waals surface area contributed by atoms with E-state index in [4.69, 9.17) is 0 Å². The van der Waals surface area contributed by atoms with Gasteiger partial charge in [-0.3, -0.25) is 9.59 Å². The van der Waals surface area contributed by atoms with Crippen LogP contribution in [0.2, 0.25) is 0 Å².